The summed E-state index contributed by atoms with van der Waals surface area (Å²) in [4.78, 5) is 16.9. The van der Waals surface area contributed by atoms with Gasteiger partial charge in [-0.2, -0.15) is 0 Å². The van der Waals surface area contributed by atoms with Gasteiger partial charge in [0.25, 0.3) is 5.91 Å². The number of hydrogen-bond acceptors (Lipinski definition) is 5. The minimum absolute atomic E-state index is 0. The molecule has 0 aliphatic carbocycles. The van der Waals surface area contributed by atoms with Gasteiger partial charge in [0.2, 0.25) is 0 Å². The van der Waals surface area contributed by atoms with Gasteiger partial charge in [-0.25, -0.2) is 0 Å². The highest BCUT2D eigenvalue weighted by atomic mass is 35.5. The van der Waals surface area contributed by atoms with Crippen LogP contribution in [0, 0.1) is 5.92 Å². The van der Waals surface area contributed by atoms with Crippen molar-refractivity contribution in [3.8, 4) is 11.5 Å². The van der Waals surface area contributed by atoms with Crippen molar-refractivity contribution in [1.82, 2.24) is 15.1 Å². The van der Waals surface area contributed by atoms with Crippen LogP contribution < -0.4 is 14.8 Å². The Kier molecular flexibility index (Phi) is 8.67. The molecule has 2 saturated heterocycles. The van der Waals surface area contributed by atoms with Crippen LogP contribution in [-0.2, 0) is 4.79 Å². The highest BCUT2D eigenvalue weighted by Gasteiger charge is 2.30. The Balaban J connectivity index is 0.00000261. The predicted molar refractivity (Wildman–Crippen MR) is 109 cm³/mol. The Bertz CT molecular complexity index is 594. The van der Waals surface area contributed by atoms with E-state index in [1.807, 2.05) is 29.2 Å². The van der Waals surface area contributed by atoms with Crippen molar-refractivity contribution < 1.29 is 14.3 Å². The van der Waals surface area contributed by atoms with E-state index in [4.69, 9.17) is 9.47 Å². The average Bonchev–Trinajstić information content (AvgIpc) is 3.16. The maximum atomic E-state index is 12.5. The lowest BCUT2D eigenvalue weighted by Gasteiger charge is -2.32. The molecule has 27 heavy (non-hydrogen) atoms. The first-order chi connectivity index (χ1) is 12.6. The normalized spacial score (nSPS) is 20.4. The Hall–Kier alpha value is -1.50. The number of nitrogens with one attached hydrogen (secondary N) is 1. The first-order valence-electron chi connectivity index (χ1n) is 9.70. The molecular weight excluding hydrogens is 366 g/mol. The molecule has 0 radical (unpaired) electrons. The second-order valence-electron chi connectivity index (χ2n) is 7.54. The minimum atomic E-state index is 0. The van der Waals surface area contributed by atoms with Crippen molar-refractivity contribution in [2.75, 3.05) is 52.5 Å². The van der Waals surface area contributed by atoms with Crippen molar-refractivity contribution in [1.29, 1.82) is 0 Å². The second kappa shape index (κ2) is 10.7. The van der Waals surface area contributed by atoms with Gasteiger partial charge in [0.1, 0.15) is 11.5 Å². The van der Waals surface area contributed by atoms with Crippen LogP contribution in [0.4, 0.5) is 0 Å². The zero-order valence-corrected chi connectivity index (χ0v) is 17.2. The van der Waals surface area contributed by atoms with E-state index in [9.17, 15) is 4.79 Å². The Morgan fingerprint density at radius 3 is 2.59 bits per heavy atom. The molecule has 6 nitrogen and oxygen atoms in total. The fraction of sp³-hybridized carbons (Fsp3) is 0.650. The molecule has 0 aromatic heterocycles. The standard InChI is InChI=1S/C20H31N3O3.ClH/c1-16(2)14-25-18-4-3-5-19(12-18)26-15-20(24)23-9-6-17(13-23)22-10-7-21-8-11-22;/h3-5,12,16-17,21H,6-11,13-15H2,1-2H3;1H. The van der Waals surface area contributed by atoms with Crippen LogP contribution in [0.5, 0.6) is 11.5 Å². The number of amides is 1. The highest BCUT2D eigenvalue weighted by molar-refractivity contribution is 5.85. The Morgan fingerprint density at radius 1 is 1.19 bits per heavy atom. The smallest absolute Gasteiger partial charge is 0.260 e. The topological polar surface area (TPSA) is 54.0 Å². The quantitative estimate of drug-likeness (QED) is 0.763. The molecule has 0 spiro atoms. The molecule has 7 heteroatoms. The molecular formula is C20H32ClN3O3. The van der Waals surface area contributed by atoms with Gasteiger partial charge in [0.05, 0.1) is 6.61 Å². The minimum Gasteiger partial charge on any atom is -0.493 e. The summed E-state index contributed by atoms with van der Waals surface area (Å²) < 4.78 is 11.4. The summed E-state index contributed by atoms with van der Waals surface area (Å²) >= 11 is 0. The van der Waals surface area contributed by atoms with Gasteiger partial charge in [-0.15, -0.1) is 12.4 Å². The zero-order chi connectivity index (χ0) is 18.4. The van der Waals surface area contributed by atoms with Crippen LogP contribution in [0.15, 0.2) is 24.3 Å². The van der Waals surface area contributed by atoms with Crippen molar-refractivity contribution in [2.24, 2.45) is 5.92 Å². The number of rotatable bonds is 7. The molecule has 1 unspecified atom stereocenters. The number of nitrogens with zero attached hydrogens (tertiary/aromatic N) is 2. The van der Waals surface area contributed by atoms with E-state index in [1.54, 1.807) is 0 Å². The van der Waals surface area contributed by atoms with Crippen molar-refractivity contribution in [3.63, 3.8) is 0 Å². The molecule has 1 aromatic carbocycles. The van der Waals surface area contributed by atoms with Gasteiger partial charge in [-0.3, -0.25) is 9.69 Å². The summed E-state index contributed by atoms with van der Waals surface area (Å²) in [6, 6.07) is 8.02. The molecule has 0 bridgehead atoms. The maximum Gasteiger partial charge on any atom is 0.260 e. The summed E-state index contributed by atoms with van der Waals surface area (Å²) in [7, 11) is 0. The van der Waals surface area contributed by atoms with Crippen LogP contribution in [0.25, 0.3) is 0 Å². The number of halogens is 1. The Morgan fingerprint density at radius 2 is 1.89 bits per heavy atom. The molecule has 2 aliphatic rings. The van der Waals surface area contributed by atoms with E-state index < -0.39 is 0 Å². The lowest BCUT2D eigenvalue weighted by atomic mass is 10.2. The molecule has 1 amide bonds. The molecule has 2 fully saturated rings. The zero-order valence-electron chi connectivity index (χ0n) is 16.4. The van der Waals surface area contributed by atoms with Gasteiger partial charge < -0.3 is 19.7 Å². The van der Waals surface area contributed by atoms with E-state index in [2.05, 4.69) is 24.1 Å². The summed E-state index contributed by atoms with van der Waals surface area (Å²) in [5, 5.41) is 3.38. The number of benzene rings is 1. The number of carbonyl (C=O) groups excluding carboxylic acids is 1. The number of ether oxygens (including phenoxy) is 2. The van der Waals surface area contributed by atoms with Gasteiger partial charge in [0, 0.05) is 51.4 Å². The molecule has 1 atom stereocenters. The molecule has 2 heterocycles. The molecule has 1 N–H and O–H groups in total. The molecule has 152 valence electrons. The SMILES string of the molecule is CC(C)COc1cccc(OCC(=O)N2CCC(N3CCNCC3)C2)c1.Cl. The first kappa shape index (κ1) is 21.8. The van der Waals surface area contributed by atoms with Crippen molar-refractivity contribution in [2.45, 2.75) is 26.3 Å². The van der Waals surface area contributed by atoms with E-state index in [-0.39, 0.29) is 24.9 Å². The van der Waals surface area contributed by atoms with Crippen molar-refractivity contribution >= 4 is 18.3 Å². The maximum absolute atomic E-state index is 12.5. The van der Waals surface area contributed by atoms with Crippen LogP contribution >= 0.6 is 12.4 Å². The molecule has 1 aromatic rings. The number of hydrogen-bond donors (Lipinski definition) is 1. The predicted octanol–water partition coefficient (Wildman–Crippen LogP) is 2.03. The molecule has 3 rings (SSSR count). The third kappa shape index (κ3) is 6.55. The molecule has 2 aliphatic heterocycles. The Labute approximate surface area is 168 Å². The summed E-state index contributed by atoms with van der Waals surface area (Å²) in [6.07, 6.45) is 1.06. The summed E-state index contributed by atoms with van der Waals surface area (Å²) in [6.45, 7) is 10.9. The van der Waals surface area contributed by atoms with E-state index in [0.717, 1.165) is 51.4 Å². The van der Waals surface area contributed by atoms with Gasteiger partial charge in [0.15, 0.2) is 6.61 Å². The third-order valence-corrected chi connectivity index (χ3v) is 4.94. The van der Waals surface area contributed by atoms with E-state index in [0.29, 0.717) is 24.3 Å². The summed E-state index contributed by atoms with van der Waals surface area (Å²) in [5.41, 5.74) is 0. The van der Waals surface area contributed by atoms with Gasteiger partial charge >= 0.3 is 0 Å². The average molecular weight is 398 g/mol. The van der Waals surface area contributed by atoms with E-state index in [1.165, 1.54) is 0 Å². The monoisotopic (exact) mass is 397 g/mol. The van der Waals surface area contributed by atoms with Crippen molar-refractivity contribution in [3.05, 3.63) is 24.3 Å². The van der Waals surface area contributed by atoms with Crippen LogP contribution in [0.1, 0.15) is 20.3 Å². The fourth-order valence-corrected chi connectivity index (χ4v) is 3.47. The summed E-state index contributed by atoms with van der Waals surface area (Å²) in [5.74, 6) is 2.00. The van der Waals surface area contributed by atoms with Crippen LogP contribution in [0.2, 0.25) is 0 Å². The van der Waals surface area contributed by atoms with Crippen LogP contribution in [-0.4, -0.2) is 74.2 Å². The van der Waals surface area contributed by atoms with E-state index >= 15 is 0 Å². The third-order valence-electron chi connectivity index (χ3n) is 4.94. The number of carbonyl (C=O) groups is 1. The van der Waals surface area contributed by atoms with Gasteiger partial charge in [-0.05, 0) is 24.5 Å². The fourth-order valence-electron chi connectivity index (χ4n) is 3.47. The second-order valence-corrected chi connectivity index (χ2v) is 7.54. The lowest BCUT2D eigenvalue weighted by Crippen LogP contribution is -2.49. The number of piperazine rings is 1. The lowest BCUT2D eigenvalue weighted by molar-refractivity contribution is -0.132. The number of likely N-dealkylation sites (tertiary alicyclic amines) is 1. The first-order valence-corrected chi connectivity index (χ1v) is 9.70. The largest absolute Gasteiger partial charge is 0.493 e. The molecule has 0 saturated carbocycles. The van der Waals surface area contributed by atoms with Gasteiger partial charge in [-0.1, -0.05) is 19.9 Å². The highest BCUT2D eigenvalue weighted by Crippen LogP contribution is 2.21. The van der Waals surface area contributed by atoms with Crippen LogP contribution in [0.3, 0.4) is 0 Å².